The third kappa shape index (κ3) is 3.92. The Morgan fingerprint density at radius 1 is 1.04 bits per heavy atom. The Hall–Kier alpha value is -1.84. The Balaban J connectivity index is 1.61. The molecule has 1 aliphatic heterocycles. The van der Waals surface area contributed by atoms with E-state index in [0.717, 1.165) is 18.4 Å². The molecule has 1 aliphatic rings. The van der Waals surface area contributed by atoms with Crippen LogP contribution in [-0.2, 0) is 17.6 Å². The predicted octanol–water partition coefficient (Wildman–Crippen LogP) is 3.39. The monoisotopic (exact) mass is 329 g/mol. The number of carbonyl (C=O) groups excluding carboxylic acids is 1. The van der Waals surface area contributed by atoms with Gasteiger partial charge in [0.1, 0.15) is 0 Å². The van der Waals surface area contributed by atoms with Crippen molar-refractivity contribution in [3.63, 3.8) is 0 Å². The van der Waals surface area contributed by atoms with Crippen molar-refractivity contribution >= 4 is 17.5 Å². The van der Waals surface area contributed by atoms with E-state index in [1.165, 1.54) is 11.1 Å². The van der Waals surface area contributed by atoms with E-state index in [4.69, 9.17) is 11.6 Å². The number of hydrogen-bond acceptors (Lipinski definition) is 2. The lowest BCUT2D eigenvalue weighted by molar-refractivity contribution is -0.133. The van der Waals surface area contributed by atoms with E-state index < -0.39 is 6.10 Å². The molecule has 3 rings (SSSR count). The Labute approximate surface area is 141 Å². The van der Waals surface area contributed by atoms with Gasteiger partial charge in [-0.05, 0) is 41.7 Å². The molecule has 0 aromatic heterocycles. The third-order valence-electron chi connectivity index (χ3n) is 4.40. The van der Waals surface area contributed by atoms with Crippen LogP contribution in [0.3, 0.4) is 0 Å². The average Bonchev–Trinajstić information content (AvgIpc) is 2.78. The molecule has 120 valence electrons. The van der Waals surface area contributed by atoms with E-state index in [1.807, 2.05) is 17.0 Å². The average molecular weight is 330 g/mol. The molecule has 1 N–H and O–H groups in total. The van der Waals surface area contributed by atoms with Crippen LogP contribution >= 0.6 is 11.6 Å². The number of benzene rings is 2. The summed E-state index contributed by atoms with van der Waals surface area (Å²) < 4.78 is 0. The lowest BCUT2D eigenvalue weighted by Gasteiger charge is -2.22. The molecule has 2 aromatic rings. The summed E-state index contributed by atoms with van der Waals surface area (Å²) >= 11 is 5.85. The van der Waals surface area contributed by atoms with Gasteiger partial charge in [-0.2, -0.15) is 0 Å². The van der Waals surface area contributed by atoms with E-state index in [-0.39, 0.29) is 12.3 Å². The molecular formula is C19H20ClNO2. The topological polar surface area (TPSA) is 40.5 Å². The Morgan fingerprint density at radius 2 is 1.61 bits per heavy atom. The predicted molar refractivity (Wildman–Crippen MR) is 91.5 cm³/mol. The summed E-state index contributed by atoms with van der Waals surface area (Å²) in [6, 6.07) is 15.3. The summed E-state index contributed by atoms with van der Waals surface area (Å²) in [7, 11) is 0. The number of aliphatic hydroxyl groups is 1. The minimum absolute atomic E-state index is 0.000237. The van der Waals surface area contributed by atoms with Gasteiger partial charge in [0.05, 0.1) is 12.5 Å². The first-order valence-corrected chi connectivity index (χ1v) is 8.29. The van der Waals surface area contributed by atoms with Crippen LogP contribution in [0.15, 0.2) is 48.5 Å². The molecule has 0 saturated heterocycles. The Morgan fingerprint density at radius 3 is 2.17 bits per heavy atom. The van der Waals surface area contributed by atoms with Crippen molar-refractivity contribution in [2.45, 2.75) is 25.4 Å². The molecule has 0 radical (unpaired) electrons. The maximum atomic E-state index is 12.5. The van der Waals surface area contributed by atoms with Gasteiger partial charge in [0.15, 0.2) is 0 Å². The van der Waals surface area contributed by atoms with E-state index in [2.05, 4.69) is 12.1 Å². The van der Waals surface area contributed by atoms with Gasteiger partial charge in [-0.25, -0.2) is 0 Å². The smallest absolute Gasteiger partial charge is 0.225 e. The summed E-state index contributed by atoms with van der Waals surface area (Å²) in [6.45, 7) is 1.42. The number of hydrogen-bond donors (Lipinski definition) is 1. The van der Waals surface area contributed by atoms with E-state index in [0.29, 0.717) is 18.1 Å². The molecule has 0 aliphatic carbocycles. The van der Waals surface area contributed by atoms with Crippen molar-refractivity contribution in [2.75, 3.05) is 13.1 Å². The molecular weight excluding hydrogens is 310 g/mol. The quantitative estimate of drug-likeness (QED) is 0.937. The van der Waals surface area contributed by atoms with E-state index >= 15 is 0 Å². The fourth-order valence-corrected chi connectivity index (χ4v) is 3.14. The van der Waals surface area contributed by atoms with Crippen LogP contribution in [0.1, 0.15) is 29.2 Å². The number of fused-ring (bicyclic) bond motifs is 1. The van der Waals surface area contributed by atoms with Gasteiger partial charge in [0, 0.05) is 18.1 Å². The number of rotatable bonds is 3. The maximum Gasteiger partial charge on any atom is 0.225 e. The highest BCUT2D eigenvalue weighted by Gasteiger charge is 2.21. The van der Waals surface area contributed by atoms with Gasteiger partial charge >= 0.3 is 0 Å². The van der Waals surface area contributed by atoms with E-state index in [9.17, 15) is 9.90 Å². The standard InChI is InChI=1S/C19H20ClNO2/c20-17-7-5-16(6-8-17)18(22)13-19(23)21-11-9-14-3-1-2-4-15(14)10-12-21/h1-8,18,22H,9-13H2. The fourth-order valence-electron chi connectivity index (χ4n) is 3.01. The van der Waals surface area contributed by atoms with Crippen LogP contribution in [0.25, 0.3) is 0 Å². The zero-order valence-electron chi connectivity index (χ0n) is 12.9. The van der Waals surface area contributed by atoms with Crippen molar-refractivity contribution in [3.05, 3.63) is 70.2 Å². The molecule has 4 heteroatoms. The zero-order valence-corrected chi connectivity index (χ0v) is 13.7. The second-order valence-electron chi connectivity index (χ2n) is 5.92. The van der Waals surface area contributed by atoms with Crippen molar-refractivity contribution in [2.24, 2.45) is 0 Å². The minimum Gasteiger partial charge on any atom is -0.388 e. The first-order chi connectivity index (χ1) is 11.1. The van der Waals surface area contributed by atoms with Crippen molar-refractivity contribution in [1.82, 2.24) is 4.90 Å². The molecule has 1 heterocycles. The Kier molecular flexibility index (Phi) is 4.99. The highest BCUT2D eigenvalue weighted by Crippen LogP contribution is 2.21. The fraction of sp³-hybridized carbons (Fsp3) is 0.316. The summed E-state index contributed by atoms with van der Waals surface area (Å²) in [4.78, 5) is 14.4. The third-order valence-corrected chi connectivity index (χ3v) is 4.65. The van der Waals surface area contributed by atoms with Crippen LogP contribution in [-0.4, -0.2) is 29.0 Å². The number of halogens is 1. The number of nitrogens with zero attached hydrogens (tertiary/aromatic N) is 1. The van der Waals surface area contributed by atoms with Crippen molar-refractivity contribution < 1.29 is 9.90 Å². The van der Waals surface area contributed by atoms with Crippen LogP contribution < -0.4 is 0 Å². The highest BCUT2D eigenvalue weighted by atomic mass is 35.5. The van der Waals surface area contributed by atoms with Crippen molar-refractivity contribution in [1.29, 1.82) is 0 Å². The van der Waals surface area contributed by atoms with Gasteiger partial charge in [-0.1, -0.05) is 48.0 Å². The van der Waals surface area contributed by atoms with Crippen LogP contribution in [0.4, 0.5) is 0 Å². The first-order valence-electron chi connectivity index (χ1n) is 7.91. The normalized spacial score (nSPS) is 15.7. The van der Waals surface area contributed by atoms with Gasteiger partial charge in [0.25, 0.3) is 0 Å². The largest absolute Gasteiger partial charge is 0.388 e. The Bertz CT molecular complexity index is 657. The SMILES string of the molecule is O=C(CC(O)c1ccc(Cl)cc1)N1CCc2ccccc2CC1. The molecule has 1 atom stereocenters. The molecule has 1 amide bonds. The zero-order chi connectivity index (χ0) is 16.2. The summed E-state index contributed by atoms with van der Waals surface area (Å²) in [5.41, 5.74) is 3.36. The molecule has 0 spiro atoms. The summed E-state index contributed by atoms with van der Waals surface area (Å²) in [5, 5.41) is 10.9. The molecule has 0 bridgehead atoms. The second-order valence-corrected chi connectivity index (χ2v) is 6.36. The van der Waals surface area contributed by atoms with Crippen LogP contribution in [0, 0.1) is 0 Å². The molecule has 2 aromatic carbocycles. The van der Waals surface area contributed by atoms with Crippen LogP contribution in [0.5, 0.6) is 0 Å². The minimum atomic E-state index is -0.787. The maximum absolute atomic E-state index is 12.5. The molecule has 3 nitrogen and oxygen atoms in total. The number of carbonyl (C=O) groups is 1. The van der Waals surface area contributed by atoms with Gasteiger partial charge < -0.3 is 10.0 Å². The molecule has 0 saturated carbocycles. The molecule has 0 fully saturated rings. The first kappa shape index (κ1) is 16.0. The lowest BCUT2D eigenvalue weighted by atomic mass is 10.0. The number of amides is 1. The van der Waals surface area contributed by atoms with Gasteiger partial charge in [-0.15, -0.1) is 0 Å². The lowest BCUT2D eigenvalue weighted by Crippen LogP contribution is -2.34. The molecule has 1 unspecified atom stereocenters. The number of aliphatic hydroxyl groups excluding tert-OH is 1. The second kappa shape index (κ2) is 7.16. The summed E-state index contributed by atoms with van der Waals surface area (Å²) in [5.74, 6) is 0.000237. The highest BCUT2D eigenvalue weighted by molar-refractivity contribution is 6.30. The summed E-state index contributed by atoms with van der Waals surface area (Å²) in [6.07, 6.45) is 1.07. The van der Waals surface area contributed by atoms with Gasteiger partial charge in [-0.3, -0.25) is 4.79 Å². The van der Waals surface area contributed by atoms with Gasteiger partial charge in [0.2, 0.25) is 5.91 Å². The van der Waals surface area contributed by atoms with Crippen molar-refractivity contribution in [3.8, 4) is 0 Å². The molecule has 23 heavy (non-hydrogen) atoms. The van der Waals surface area contributed by atoms with E-state index in [1.54, 1.807) is 24.3 Å². The van der Waals surface area contributed by atoms with Crippen LogP contribution in [0.2, 0.25) is 5.02 Å².